The molecule has 24 heavy (non-hydrogen) atoms. The van der Waals surface area contributed by atoms with Gasteiger partial charge in [0.25, 0.3) is 0 Å². The second-order valence-electron chi connectivity index (χ2n) is 5.50. The van der Waals surface area contributed by atoms with E-state index in [0.29, 0.717) is 13.2 Å². The molecule has 2 aromatic carbocycles. The van der Waals surface area contributed by atoms with Crippen molar-refractivity contribution in [1.82, 2.24) is 0 Å². The summed E-state index contributed by atoms with van der Waals surface area (Å²) in [6.45, 7) is 4.49. The quantitative estimate of drug-likeness (QED) is 0.295. The third-order valence-electron chi connectivity index (χ3n) is 3.70. The van der Waals surface area contributed by atoms with Gasteiger partial charge in [0.05, 0.1) is 13.2 Å². The Balaban J connectivity index is 1.67. The van der Waals surface area contributed by atoms with Gasteiger partial charge in [0, 0.05) is 11.6 Å². The van der Waals surface area contributed by atoms with Gasteiger partial charge in [-0.1, -0.05) is 24.6 Å². The van der Waals surface area contributed by atoms with Crippen molar-refractivity contribution in [3.8, 4) is 18.1 Å². The fraction of sp³-hybridized carbons (Fsp3) is 0.286. The van der Waals surface area contributed by atoms with Crippen LogP contribution in [-0.4, -0.2) is 19.2 Å². The molecule has 0 aromatic heterocycles. The van der Waals surface area contributed by atoms with Crippen LogP contribution in [0.3, 0.4) is 0 Å². The minimum Gasteiger partial charge on any atom is -0.494 e. The number of rotatable bonds is 9. The van der Waals surface area contributed by atoms with Gasteiger partial charge in [-0.2, -0.15) is 0 Å². The Kier molecular flexibility index (Phi) is 6.91. The molecular weight excluding hydrogens is 300 g/mol. The average molecular weight is 322 g/mol. The van der Waals surface area contributed by atoms with Gasteiger partial charge in [-0.3, -0.25) is 0 Å². The van der Waals surface area contributed by atoms with Crippen LogP contribution in [0.2, 0.25) is 0 Å². The molecule has 0 aliphatic carbocycles. The summed E-state index contributed by atoms with van der Waals surface area (Å²) in [4.78, 5) is 10.9. The lowest BCUT2D eigenvalue weighted by atomic mass is 10.1. The van der Waals surface area contributed by atoms with Crippen molar-refractivity contribution >= 4 is 16.7 Å². The van der Waals surface area contributed by atoms with Crippen LogP contribution < -0.4 is 4.74 Å². The average Bonchev–Trinajstić information content (AvgIpc) is 2.63. The third-order valence-corrected chi connectivity index (χ3v) is 3.70. The van der Waals surface area contributed by atoms with E-state index >= 15 is 0 Å². The predicted octanol–water partition coefficient (Wildman–Crippen LogP) is 4.49. The highest BCUT2D eigenvalue weighted by Gasteiger charge is 2.00. The van der Waals surface area contributed by atoms with Crippen molar-refractivity contribution in [2.75, 3.05) is 13.2 Å². The number of hydrogen-bond donors (Lipinski definition) is 0. The number of carbonyl (C=O) groups is 1. The lowest BCUT2D eigenvalue weighted by Crippen LogP contribution is -2.02. The summed E-state index contributed by atoms with van der Waals surface area (Å²) in [5, 5.41) is 2.24. The summed E-state index contributed by atoms with van der Waals surface area (Å²) >= 11 is 0. The molecule has 0 unspecified atom stereocenters. The third kappa shape index (κ3) is 5.48. The van der Waals surface area contributed by atoms with Gasteiger partial charge in [0.1, 0.15) is 5.75 Å². The number of unbranched alkanes of at least 4 members (excludes halogenated alkanes) is 3. The summed E-state index contributed by atoms with van der Waals surface area (Å²) < 4.78 is 10.7. The zero-order valence-corrected chi connectivity index (χ0v) is 13.8. The predicted molar refractivity (Wildman–Crippen MR) is 97.0 cm³/mol. The summed E-state index contributed by atoms with van der Waals surface area (Å²) in [7, 11) is 0. The highest BCUT2D eigenvalue weighted by molar-refractivity contribution is 5.85. The molecule has 0 aliphatic heterocycles. The number of fused-ring (bicyclic) bond motifs is 1. The highest BCUT2D eigenvalue weighted by atomic mass is 16.5. The van der Waals surface area contributed by atoms with Crippen molar-refractivity contribution in [2.45, 2.75) is 25.7 Å². The second kappa shape index (κ2) is 9.42. The van der Waals surface area contributed by atoms with Gasteiger partial charge in [-0.05, 0) is 60.7 Å². The Bertz CT molecular complexity index is 740. The largest absolute Gasteiger partial charge is 0.494 e. The van der Waals surface area contributed by atoms with E-state index in [4.69, 9.17) is 15.9 Å². The molecule has 0 fully saturated rings. The Morgan fingerprint density at radius 2 is 1.75 bits per heavy atom. The molecule has 0 N–H and O–H groups in total. The smallest absolute Gasteiger partial charge is 0.330 e. The molecule has 0 spiro atoms. The Morgan fingerprint density at radius 3 is 2.50 bits per heavy atom. The maximum Gasteiger partial charge on any atom is 0.330 e. The molecule has 2 aromatic rings. The number of hydrogen-bond acceptors (Lipinski definition) is 3. The van der Waals surface area contributed by atoms with E-state index in [2.05, 4.69) is 12.5 Å². The van der Waals surface area contributed by atoms with Gasteiger partial charge in [-0.25, -0.2) is 4.79 Å². The van der Waals surface area contributed by atoms with Crippen molar-refractivity contribution in [1.29, 1.82) is 0 Å². The standard InChI is InChI=1S/C21H22O3/c1-3-17-9-10-19-16-20(12-11-18(19)15-17)23-13-7-5-6-8-14-24-21(22)4-2/h1,4,9-12,15-16H,2,5-8,13-14H2. The molecule has 3 nitrogen and oxygen atoms in total. The van der Waals surface area contributed by atoms with E-state index in [1.165, 1.54) is 6.08 Å². The number of esters is 1. The van der Waals surface area contributed by atoms with E-state index in [0.717, 1.165) is 47.8 Å². The molecule has 0 radical (unpaired) electrons. The highest BCUT2D eigenvalue weighted by Crippen LogP contribution is 2.22. The topological polar surface area (TPSA) is 35.5 Å². The van der Waals surface area contributed by atoms with E-state index in [-0.39, 0.29) is 5.97 Å². The first kappa shape index (κ1) is 17.6. The van der Waals surface area contributed by atoms with Crippen molar-refractivity contribution < 1.29 is 14.3 Å². The van der Waals surface area contributed by atoms with Crippen LogP contribution in [-0.2, 0) is 9.53 Å². The molecule has 0 saturated carbocycles. The van der Waals surface area contributed by atoms with Gasteiger partial charge in [-0.15, -0.1) is 6.42 Å². The van der Waals surface area contributed by atoms with Gasteiger partial charge in [0.15, 0.2) is 0 Å². The molecule has 0 aliphatic rings. The molecule has 124 valence electrons. The Morgan fingerprint density at radius 1 is 1.04 bits per heavy atom. The zero-order valence-electron chi connectivity index (χ0n) is 13.8. The number of carbonyl (C=O) groups excluding carboxylic acids is 1. The van der Waals surface area contributed by atoms with Gasteiger partial charge >= 0.3 is 5.97 Å². The summed E-state index contributed by atoms with van der Waals surface area (Å²) in [6.07, 6.45) is 10.5. The Labute approximate surface area is 143 Å². The van der Waals surface area contributed by atoms with E-state index in [1.807, 2.05) is 36.4 Å². The van der Waals surface area contributed by atoms with Crippen LogP contribution >= 0.6 is 0 Å². The van der Waals surface area contributed by atoms with E-state index in [1.54, 1.807) is 0 Å². The van der Waals surface area contributed by atoms with Crippen molar-refractivity contribution in [3.63, 3.8) is 0 Å². The molecule has 0 atom stereocenters. The first-order chi connectivity index (χ1) is 11.7. The van der Waals surface area contributed by atoms with E-state index in [9.17, 15) is 4.79 Å². The number of ether oxygens (including phenoxy) is 2. The van der Waals surface area contributed by atoms with Crippen molar-refractivity contribution in [2.24, 2.45) is 0 Å². The summed E-state index contributed by atoms with van der Waals surface area (Å²) in [6, 6.07) is 12.0. The maximum atomic E-state index is 10.9. The number of benzene rings is 2. The molecule has 2 rings (SSSR count). The minimum absolute atomic E-state index is 0.357. The first-order valence-corrected chi connectivity index (χ1v) is 8.15. The fourth-order valence-corrected chi connectivity index (χ4v) is 2.38. The molecule has 3 heteroatoms. The van der Waals surface area contributed by atoms with Crippen LogP contribution in [0.25, 0.3) is 10.8 Å². The SMILES string of the molecule is C#Cc1ccc2cc(OCCCCCCOC(=O)C=C)ccc2c1. The number of terminal acetylenes is 1. The van der Waals surface area contributed by atoms with Gasteiger partial charge in [0.2, 0.25) is 0 Å². The van der Waals surface area contributed by atoms with Crippen molar-refractivity contribution in [3.05, 3.63) is 54.6 Å². The lowest BCUT2D eigenvalue weighted by molar-refractivity contribution is -0.137. The van der Waals surface area contributed by atoms with E-state index < -0.39 is 0 Å². The second-order valence-corrected chi connectivity index (χ2v) is 5.50. The molecule has 0 amide bonds. The maximum absolute atomic E-state index is 10.9. The molecule has 0 bridgehead atoms. The first-order valence-electron chi connectivity index (χ1n) is 8.15. The molecule has 0 heterocycles. The van der Waals surface area contributed by atoms with Crippen LogP contribution in [0.1, 0.15) is 31.2 Å². The van der Waals surface area contributed by atoms with Crippen LogP contribution in [0, 0.1) is 12.3 Å². The van der Waals surface area contributed by atoms with Gasteiger partial charge < -0.3 is 9.47 Å². The summed E-state index contributed by atoms with van der Waals surface area (Å²) in [5.41, 5.74) is 0.884. The van der Waals surface area contributed by atoms with Crippen LogP contribution in [0.4, 0.5) is 0 Å². The summed E-state index contributed by atoms with van der Waals surface area (Å²) in [5.74, 6) is 3.16. The normalized spacial score (nSPS) is 10.1. The van der Waals surface area contributed by atoms with Crippen LogP contribution in [0.15, 0.2) is 49.1 Å². The van der Waals surface area contributed by atoms with Crippen LogP contribution in [0.5, 0.6) is 5.75 Å². The molecule has 0 saturated heterocycles. The lowest BCUT2D eigenvalue weighted by Gasteiger charge is -2.08. The molecular formula is C21H22O3. The fourth-order valence-electron chi connectivity index (χ4n) is 2.38. The zero-order chi connectivity index (χ0) is 17.2. The Hall–Kier alpha value is -2.73. The minimum atomic E-state index is -0.357. The monoisotopic (exact) mass is 322 g/mol.